The third kappa shape index (κ3) is 5.90. The van der Waals surface area contributed by atoms with Crippen LogP contribution >= 0.6 is 15.9 Å². The Bertz CT molecular complexity index is 718. The number of ether oxygens (including phenoxy) is 3. The number of hydrogen-bond donors (Lipinski definition) is 0. The average Bonchev–Trinajstić information content (AvgIpc) is 2.61. The molecule has 0 bridgehead atoms. The minimum absolute atomic E-state index is 0.0494. The van der Waals surface area contributed by atoms with Crippen LogP contribution < -0.4 is 0 Å². The van der Waals surface area contributed by atoms with Gasteiger partial charge in [0.25, 0.3) is 0 Å². The number of rotatable bonds is 5. The predicted octanol–water partition coefficient (Wildman–Crippen LogP) is 4.67. The van der Waals surface area contributed by atoms with E-state index in [0.29, 0.717) is 5.56 Å². The molecule has 1 heterocycles. The third-order valence-corrected chi connectivity index (χ3v) is 10.9. The molecular weight excluding hydrogens is 456 g/mol. The standard InChI is InChI=1S/C21H31BrO6Si/c1-13-17(27-19(24)15-11-9-8-10-12-15)18(28-29(6,7)21(3,4)5)16(22)20(25-13)26-14(2)23/h8-13,16-18,20H,1-7H3/t13-,16-,17-,18-,20+/m1/s1. The van der Waals surface area contributed by atoms with Gasteiger partial charge >= 0.3 is 11.9 Å². The predicted molar refractivity (Wildman–Crippen MR) is 117 cm³/mol. The van der Waals surface area contributed by atoms with E-state index in [1.807, 2.05) is 6.07 Å². The lowest BCUT2D eigenvalue weighted by Gasteiger charge is -2.47. The van der Waals surface area contributed by atoms with E-state index < -0.39 is 49.7 Å². The van der Waals surface area contributed by atoms with Gasteiger partial charge in [0.2, 0.25) is 6.29 Å². The molecule has 0 radical (unpaired) electrons. The molecule has 1 aliphatic rings. The van der Waals surface area contributed by atoms with Crippen molar-refractivity contribution in [2.24, 2.45) is 0 Å². The van der Waals surface area contributed by atoms with Crippen LogP contribution in [-0.4, -0.2) is 49.7 Å². The smallest absolute Gasteiger partial charge is 0.338 e. The van der Waals surface area contributed by atoms with Gasteiger partial charge in [-0.05, 0) is 37.2 Å². The van der Waals surface area contributed by atoms with E-state index in [0.717, 1.165) is 0 Å². The van der Waals surface area contributed by atoms with Gasteiger partial charge in [-0.3, -0.25) is 4.79 Å². The Kier molecular flexibility index (Phi) is 7.70. The maximum Gasteiger partial charge on any atom is 0.338 e. The molecule has 1 saturated heterocycles. The molecule has 6 nitrogen and oxygen atoms in total. The summed E-state index contributed by atoms with van der Waals surface area (Å²) < 4.78 is 23.7. The van der Waals surface area contributed by atoms with Crippen molar-refractivity contribution in [2.75, 3.05) is 0 Å². The number of hydrogen-bond acceptors (Lipinski definition) is 6. The van der Waals surface area contributed by atoms with Crippen LogP contribution in [0.4, 0.5) is 0 Å². The molecule has 0 N–H and O–H groups in total. The summed E-state index contributed by atoms with van der Waals surface area (Å²) >= 11 is 3.59. The van der Waals surface area contributed by atoms with Crippen molar-refractivity contribution in [1.82, 2.24) is 0 Å². The van der Waals surface area contributed by atoms with Crippen molar-refractivity contribution in [3.63, 3.8) is 0 Å². The Morgan fingerprint density at radius 2 is 1.66 bits per heavy atom. The van der Waals surface area contributed by atoms with E-state index in [1.54, 1.807) is 31.2 Å². The molecular formula is C21H31BrO6Si. The molecule has 0 amide bonds. The van der Waals surface area contributed by atoms with E-state index in [1.165, 1.54) is 6.92 Å². The molecule has 1 aromatic rings. The van der Waals surface area contributed by atoms with Crippen molar-refractivity contribution in [3.8, 4) is 0 Å². The molecule has 2 rings (SSSR count). The molecule has 0 aliphatic carbocycles. The maximum absolute atomic E-state index is 12.7. The Hall–Kier alpha value is -1.22. The van der Waals surface area contributed by atoms with Crippen LogP contribution in [-0.2, 0) is 23.4 Å². The molecule has 0 saturated carbocycles. The normalized spacial score (nSPS) is 27.9. The Labute approximate surface area is 182 Å². The van der Waals surface area contributed by atoms with Crippen LogP contribution in [0.25, 0.3) is 0 Å². The number of carbonyl (C=O) groups excluding carboxylic acids is 2. The summed E-state index contributed by atoms with van der Waals surface area (Å²) in [6.45, 7) is 13.8. The van der Waals surface area contributed by atoms with Crippen LogP contribution in [0.15, 0.2) is 30.3 Å². The Morgan fingerprint density at radius 3 is 2.17 bits per heavy atom. The number of carbonyl (C=O) groups is 2. The topological polar surface area (TPSA) is 71.1 Å². The number of benzene rings is 1. The summed E-state index contributed by atoms with van der Waals surface area (Å²) in [5.41, 5.74) is 0.457. The Morgan fingerprint density at radius 1 is 1.07 bits per heavy atom. The van der Waals surface area contributed by atoms with Gasteiger partial charge in [-0.1, -0.05) is 54.9 Å². The number of halogens is 1. The fourth-order valence-electron chi connectivity index (χ4n) is 2.80. The first-order valence-electron chi connectivity index (χ1n) is 9.74. The van der Waals surface area contributed by atoms with Gasteiger partial charge in [-0.25, -0.2) is 4.79 Å². The third-order valence-electron chi connectivity index (χ3n) is 5.48. The van der Waals surface area contributed by atoms with Crippen LogP contribution in [0.3, 0.4) is 0 Å². The zero-order valence-electron chi connectivity index (χ0n) is 18.1. The minimum Gasteiger partial charge on any atom is -0.453 e. The average molecular weight is 487 g/mol. The van der Waals surface area contributed by atoms with Gasteiger partial charge in [0.05, 0.1) is 11.7 Å². The molecule has 1 aromatic carbocycles. The van der Waals surface area contributed by atoms with Gasteiger partial charge in [0.1, 0.15) is 10.9 Å². The first-order valence-corrected chi connectivity index (χ1v) is 13.6. The minimum atomic E-state index is -2.22. The Balaban J connectivity index is 2.32. The lowest BCUT2D eigenvalue weighted by molar-refractivity contribution is -0.233. The summed E-state index contributed by atoms with van der Waals surface area (Å²) in [6, 6.07) is 8.81. The van der Waals surface area contributed by atoms with Crippen molar-refractivity contribution in [3.05, 3.63) is 35.9 Å². The fraction of sp³-hybridized carbons (Fsp3) is 0.619. The lowest BCUT2D eigenvalue weighted by Crippen LogP contribution is -2.61. The number of esters is 2. The van der Waals surface area contributed by atoms with Crippen LogP contribution in [0, 0.1) is 0 Å². The maximum atomic E-state index is 12.7. The lowest BCUT2D eigenvalue weighted by atomic mass is 10.0. The second-order valence-corrected chi connectivity index (χ2v) is 14.7. The second-order valence-electron chi connectivity index (χ2n) is 8.84. The summed E-state index contributed by atoms with van der Waals surface area (Å²) in [5, 5.41) is -0.0494. The van der Waals surface area contributed by atoms with Crippen molar-refractivity contribution in [1.29, 1.82) is 0 Å². The first kappa shape index (κ1) is 24.1. The van der Waals surface area contributed by atoms with Crippen LogP contribution in [0.1, 0.15) is 45.0 Å². The van der Waals surface area contributed by atoms with Crippen LogP contribution in [0.2, 0.25) is 18.1 Å². The molecule has 29 heavy (non-hydrogen) atoms. The molecule has 0 aromatic heterocycles. The fourth-order valence-corrected chi connectivity index (χ4v) is 4.96. The van der Waals surface area contributed by atoms with Crippen molar-refractivity contribution in [2.45, 2.75) is 82.2 Å². The van der Waals surface area contributed by atoms with E-state index in [2.05, 4.69) is 49.8 Å². The highest BCUT2D eigenvalue weighted by Gasteiger charge is 2.51. The van der Waals surface area contributed by atoms with Crippen molar-refractivity contribution >= 4 is 36.2 Å². The molecule has 8 heteroatoms. The van der Waals surface area contributed by atoms with E-state index in [-0.39, 0.29) is 5.04 Å². The second kappa shape index (κ2) is 9.28. The van der Waals surface area contributed by atoms with E-state index in [4.69, 9.17) is 18.6 Å². The highest BCUT2D eigenvalue weighted by molar-refractivity contribution is 9.09. The van der Waals surface area contributed by atoms with Gasteiger partial charge in [0.15, 0.2) is 14.4 Å². The summed E-state index contributed by atoms with van der Waals surface area (Å²) in [4.78, 5) is 23.7. The largest absolute Gasteiger partial charge is 0.453 e. The summed E-state index contributed by atoms with van der Waals surface area (Å²) in [7, 11) is -2.22. The van der Waals surface area contributed by atoms with Gasteiger partial charge < -0.3 is 18.6 Å². The van der Waals surface area contributed by atoms with Crippen molar-refractivity contribution < 1.29 is 28.2 Å². The zero-order valence-corrected chi connectivity index (χ0v) is 20.7. The molecule has 0 unspecified atom stereocenters. The summed E-state index contributed by atoms with van der Waals surface area (Å²) in [5.74, 6) is -0.891. The molecule has 162 valence electrons. The number of alkyl halides is 1. The molecule has 0 spiro atoms. The van der Waals surface area contributed by atoms with Gasteiger partial charge in [-0.2, -0.15) is 0 Å². The highest BCUT2D eigenvalue weighted by atomic mass is 79.9. The molecule has 1 aliphatic heterocycles. The van der Waals surface area contributed by atoms with Gasteiger partial charge in [0, 0.05) is 6.92 Å². The van der Waals surface area contributed by atoms with Crippen LogP contribution in [0.5, 0.6) is 0 Å². The SMILES string of the molecule is CC(=O)O[C@@H]1O[C@H](C)[C@@H](OC(=O)c2ccccc2)[C@H](O[Si](C)(C)C(C)(C)C)[C@H]1Br. The first-order chi connectivity index (χ1) is 13.3. The van der Waals surface area contributed by atoms with E-state index in [9.17, 15) is 9.59 Å². The van der Waals surface area contributed by atoms with E-state index >= 15 is 0 Å². The zero-order chi connectivity index (χ0) is 22.0. The summed E-state index contributed by atoms with van der Waals surface area (Å²) in [6.07, 6.45) is -2.54. The highest BCUT2D eigenvalue weighted by Crippen LogP contribution is 2.41. The monoisotopic (exact) mass is 486 g/mol. The molecule has 1 fully saturated rings. The quantitative estimate of drug-likeness (QED) is 0.342. The van der Waals surface area contributed by atoms with Gasteiger partial charge in [-0.15, -0.1) is 0 Å². The molecule has 5 atom stereocenters.